The summed E-state index contributed by atoms with van der Waals surface area (Å²) < 4.78 is 0. The van der Waals surface area contributed by atoms with E-state index < -0.39 is 0 Å². The van der Waals surface area contributed by atoms with E-state index in [1.54, 1.807) is 0 Å². The van der Waals surface area contributed by atoms with E-state index in [4.69, 9.17) is 5.73 Å². The van der Waals surface area contributed by atoms with Crippen molar-refractivity contribution in [2.24, 2.45) is 5.73 Å². The average Bonchev–Trinajstić information content (AvgIpc) is 2.01. The molecule has 1 heteroatoms. The van der Waals surface area contributed by atoms with Gasteiger partial charge in [-0.15, -0.1) is 0 Å². The van der Waals surface area contributed by atoms with E-state index in [0.717, 1.165) is 6.42 Å². The molecule has 66 valence electrons. The number of hydrogen-bond donors (Lipinski definition) is 1. The van der Waals surface area contributed by atoms with Crippen LogP contribution in [0.3, 0.4) is 0 Å². The number of rotatable bonds is 6. The van der Waals surface area contributed by atoms with Crippen LogP contribution >= 0.6 is 0 Å². The van der Waals surface area contributed by atoms with Crippen LogP contribution in [0.2, 0.25) is 0 Å². The molecule has 11 heavy (non-hydrogen) atoms. The van der Waals surface area contributed by atoms with Crippen LogP contribution in [-0.2, 0) is 0 Å². The number of unbranched alkanes of at least 4 members (excludes halogenated alkanes) is 2. The first kappa shape index (κ1) is 10.7. The minimum Gasteiger partial charge on any atom is -0.324 e. The van der Waals surface area contributed by atoms with Crippen molar-refractivity contribution in [3.63, 3.8) is 0 Å². The molecule has 2 N–H and O–H groups in total. The molecule has 1 unspecified atom stereocenters. The van der Waals surface area contributed by atoms with Crippen molar-refractivity contribution in [2.75, 3.05) is 0 Å². The summed E-state index contributed by atoms with van der Waals surface area (Å²) in [6.07, 6.45) is 10.3. The van der Waals surface area contributed by atoms with Crippen molar-refractivity contribution in [1.82, 2.24) is 0 Å². The van der Waals surface area contributed by atoms with Gasteiger partial charge in [0.2, 0.25) is 0 Å². The molecule has 0 aromatic carbocycles. The highest BCUT2D eigenvalue weighted by atomic mass is 14.6. The molecular weight excluding hydrogens is 134 g/mol. The lowest BCUT2D eigenvalue weighted by Crippen LogP contribution is -2.15. The van der Waals surface area contributed by atoms with Gasteiger partial charge >= 0.3 is 0 Å². The molecule has 0 aliphatic carbocycles. The van der Waals surface area contributed by atoms with Gasteiger partial charge in [0.1, 0.15) is 0 Å². The van der Waals surface area contributed by atoms with E-state index in [1.807, 2.05) is 0 Å². The third-order valence-electron chi connectivity index (χ3n) is 1.73. The molecule has 0 aromatic heterocycles. The van der Waals surface area contributed by atoms with Gasteiger partial charge < -0.3 is 5.73 Å². The smallest absolute Gasteiger partial charge is 0.0223 e. The normalized spacial score (nSPS) is 14.1. The minimum absolute atomic E-state index is 0.293. The predicted octanol–water partition coefficient (Wildman–Crippen LogP) is 2.86. The minimum atomic E-state index is 0.293. The quantitative estimate of drug-likeness (QED) is 0.586. The van der Waals surface area contributed by atoms with Crippen molar-refractivity contribution in [2.45, 2.75) is 52.0 Å². The maximum absolute atomic E-state index is 5.81. The second kappa shape index (κ2) is 7.80. The van der Waals surface area contributed by atoms with E-state index in [2.05, 4.69) is 26.0 Å². The Bertz CT molecular complexity index is 97.0. The molecule has 0 bridgehead atoms. The molecule has 0 saturated heterocycles. The van der Waals surface area contributed by atoms with Crippen LogP contribution in [0.5, 0.6) is 0 Å². The number of allylic oxidation sites excluding steroid dienone is 1. The van der Waals surface area contributed by atoms with Crippen LogP contribution < -0.4 is 5.73 Å². The lowest BCUT2D eigenvalue weighted by molar-refractivity contribution is 0.653. The molecule has 0 aromatic rings. The van der Waals surface area contributed by atoms with Crippen molar-refractivity contribution in [3.05, 3.63) is 12.2 Å². The van der Waals surface area contributed by atoms with Crippen LogP contribution in [0.1, 0.15) is 46.0 Å². The van der Waals surface area contributed by atoms with E-state index in [1.165, 1.54) is 25.7 Å². The monoisotopic (exact) mass is 155 g/mol. The SMILES string of the molecule is CCCC=CC(N)CCCC. The molecule has 0 rings (SSSR count). The standard InChI is InChI=1S/C10H21N/c1-3-5-7-9-10(11)8-6-4-2/h7,9-10H,3-6,8,11H2,1-2H3. The van der Waals surface area contributed by atoms with Gasteiger partial charge in [0.05, 0.1) is 0 Å². The van der Waals surface area contributed by atoms with Crippen LogP contribution in [0.25, 0.3) is 0 Å². The van der Waals surface area contributed by atoms with Gasteiger partial charge in [0.25, 0.3) is 0 Å². The average molecular weight is 155 g/mol. The van der Waals surface area contributed by atoms with Gasteiger partial charge in [0, 0.05) is 6.04 Å². The summed E-state index contributed by atoms with van der Waals surface area (Å²) in [5.74, 6) is 0. The molecule has 0 amide bonds. The van der Waals surface area contributed by atoms with Gasteiger partial charge in [-0.05, 0) is 12.8 Å². The fourth-order valence-corrected chi connectivity index (χ4v) is 0.974. The molecule has 0 radical (unpaired) electrons. The summed E-state index contributed by atoms with van der Waals surface area (Å²) in [4.78, 5) is 0. The van der Waals surface area contributed by atoms with Crippen LogP contribution in [0, 0.1) is 0 Å². The molecule has 1 atom stereocenters. The first-order valence-electron chi connectivity index (χ1n) is 4.73. The fraction of sp³-hybridized carbons (Fsp3) is 0.800. The maximum Gasteiger partial charge on any atom is 0.0223 e. The van der Waals surface area contributed by atoms with Gasteiger partial charge in [-0.2, -0.15) is 0 Å². The molecule has 1 nitrogen and oxygen atoms in total. The summed E-state index contributed by atoms with van der Waals surface area (Å²) in [6.45, 7) is 4.38. The summed E-state index contributed by atoms with van der Waals surface area (Å²) in [6, 6.07) is 0.293. The van der Waals surface area contributed by atoms with Gasteiger partial charge in [-0.3, -0.25) is 0 Å². The first-order valence-corrected chi connectivity index (χ1v) is 4.73. The summed E-state index contributed by atoms with van der Waals surface area (Å²) in [5, 5.41) is 0. The van der Waals surface area contributed by atoms with Gasteiger partial charge in [-0.25, -0.2) is 0 Å². The van der Waals surface area contributed by atoms with Crippen molar-refractivity contribution < 1.29 is 0 Å². The van der Waals surface area contributed by atoms with Crippen molar-refractivity contribution in [1.29, 1.82) is 0 Å². The number of hydrogen-bond acceptors (Lipinski definition) is 1. The Morgan fingerprint density at radius 3 is 2.55 bits per heavy atom. The Morgan fingerprint density at radius 1 is 1.27 bits per heavy atom. The highest BCUT2D eigenvalue weighted by Crippen LogP contribution is 2.00. The molecule has 0 heterocycles. The summed E-state index contributed by atoms with van der Waals surface area (Å²) in [7, 11) is 0. The second-order valence-corrected chi connectivity index (χ2v) is 3.02. The Balaban J connectivity index is 3.27. The zero-order valence-corrected chi connectivity index (χ0v) is 7.84. The highest BCUT2D eigenvalue weighted by molar-refractivity contribution is 4.90. The Hall–Kier alpha value is -0.300. The van der Waals surface area contributed by atoms with E-state index in [0.29, 0.717) is 6.04 Å². The van der Waals surface area contributed by atoms with Gasteiger partial charge in [0.15, 0.2) is 0 Å². The zero-order valence-electron chi connectivity index (χ0n) is 7.84. The Kier molecular flexibility index (Phi) is 7.59. The lowest BCUT2D eigenvalue weighted by atomic mass is 10.1. The third-order valence-corrected chi connectivity index (χ3v) is 1.73. The maximum atomic E-state index is 5.81. The summed E-state index contributed by atoms with van der Waals surface area (Å²) >= 11 is 0. The van der Waals surface area contributed by atoms with Crippen LogP contribution in [-0.4, -0.2) is 6.04 Å². The highest BCUT2D eigenvalue weighted by Gasteiger charge is 1.93. The van der Waals surface area contributed by atoms with Crippen LogP contribution in [0.15, 0.2) is 12.2 Å². The third kappa shape index (κ3) is 7.60. The molecule has 0 fully saturated rings. The second-order valence-electron chi connectivity index (χ2n) is 3.02. The molecule has 0 aliphatic heterocycles. The summed E-state index contributed by atoms with van der Waals surface area (Å²) in [5.41, 5.74) is 5.81. The molecule has 0 saturated carbocycles. The lowest BCUT2D eigenvalue weighted by Gasteiger charge is -2.03. The first-order chi connectivity index (χ1) is 5.31. The Morgan fingerprint density at radius 2 is 2.00 bits per heavy atom. The largest absolute Gasteiger partial charge is 0.324 e. The van der Waals surface area contributed by atoms with Crippen molar-refractivity contribution >= 4 is 0 Å². The van der Waals surface area contributed by atoms with E-state index in [9.17, 15) is 0 Å². The fourth-order valence-electron chi connectivity index (χ4n) is 0.974. The number of nitrogens with two attached hydrogens (primary N) is 1. The zero-order chi connectivity index (χ0) is 8.53. The molecular formula is C10H21N. The van der Waals surface area contributed by atoms with Crippen LogP contribution in [0.4, 0.5) is 0 Å². The van der Waals surface area contributed by atoms with Crippen molar-refractivity contribution in [3.8, 4) is 0 Å². The van der Waals surface area contributed by atoms with Gasteiger partial charge in [-0.1, -0.05) is 45.3 Å². The molecule has 0 spiro atoms. The topological polar surface area (TPSA) is 26.0 Å². The van der Waals surface area contributed by atoms with E-state index in [-0.39, 0.29) is 0 Å². The Labute approximate surface area is 70.7 Å². The van der Waals surface area contributed by atoms with E-state index >= 15 is 0 Å². The molecule has 0 aliphatic rings. The predicted molar refractivity (Wildman–Crippen MR) is 51.5 cm³/mol.